The summed E-state index contributed by atoms with van der Waals surface area (Å²) in [6.45, 7) is 0.552. The van der Waals surface area contributed by atoms with Gasteiger partial charge in [0, 0.05) is 33.1 Å². The topological polar surface area (TPSA) is 66.5 Å². The lowest BCUT2D eigenvalue weighted by atomic mass is 10.0. The number of rotatable bonds is 4. The zero-order valence-corrected chi connectivity index (χ0v) is 12.6. The molecule has 1 aromatic rings. The van der Waals surface area contributed by atoms with E-state index in [9.17, 15) is 13.2 Å². The maximum absolute atomic E-state index is 12.0. The molecule has 5 nitrogen and oxygen atoms in total. The predicted molar refractivity (Wildman–Crippen MR) is 77.2 cm³/mol. The quantitative estimate of drug-likeness (QED) is 0.899. The average Bonchev–Trinajstić information content (AvgIpc) is 2.41. The molecule has 1 aliphatic rings. The summed E-state index contributed by atoms with van der Waals surface area (Å²) in [5, 5.41) is 3.29. The summed E-state index contributed by atoms with van der Waals surface area (Å²) in [6, 6.07) is 7.10. The molecule has 0 radical (unpaired) electrons. The van der Waals surface area contributed by atoms with E-state index in [-0.39, 0.29) is 17.7 Å². The molecule has 1 aliphatic heterocycles. The lowest BCUT2D eigenvalue weighted by Crippen LogP contribution is -2.32. The smallest absolute Gasteiger partial charge is 0.223 e. The number of hydrogen-bond donors (Lipinski definition) is 1. The van der Waals surface area contributed by atoms with Gasteiger partial charge in [-0.2, -0.15) is 0 Å². The van der Waals surface area contributed by atoms with E-state index in [1.165, 1.54) is 0 Å². The molecule has 0 spiro atoms. The third-order valence-corrected chi connectivity index (χ3v) is 5.35. The van der Waals surface area contributed by atoms with E-state index in [1.807, 2.05) is 12.1 Å². The largest absolute Gasteiger partial charge is 0.349 e. The SMILES string of the molecule is CN(C)C(=O)CCNC1CCS(=O)(=O)c2ccccc21. The minimum absolute atomic E-state index is 0.00434. The highest BCUT2D eigenvalue weighted by Crippen LogP contribution is 2.31. The zero-order chi connectivity index (χ0) is 14.8. The van der Waals surface area contributed by atoms with Gasteiger partial charge in [-0.15, -0.1) is 0 Å². The van der Waals surface area contributed by atoms with Gasteiger partial charge in [0.2, 0.25) is 5.91 Å². The molecular formula is C14H20N2O3S. The third-order valence-electron chi connectivity index (χ3n) is 3.53. The Balaban J connectivity index is 2.06. The van der Waals surface area contributed by atoms with Crippen molar-refractivity contribution >= 4 is 15.7 Å². The number of sulfone groups is 1. The molecule has 0 saturated carbocycles. The zero-order valence-electron chi connectivity index (χ0n) is 11.8. The Bertz CT molecular complexity index is 596. The third kappa shape index (κ3) is 3.19. The normalized spacial score (nSPS) is 20.2. The summed E-state index contributed by atoms with van der Waals surface area (Å²) in [7, 11) is 0.309. The van der Waals surface area contributed by atoms with Gasteiger partial charge in [0.15, 0.2) is 9.84 Å². The van der Waals surface area contributed by atoms with Gasteiger partial charge < -0.3 is 10.2 Å². The van der Waals surface area contributed by atoms with Crippen LogP contribution >= 0.6 is 0 Å². The number of carbonyl (C=O) groups excluding carboxylic acids is 1. The summed E-state index contributed by atoms with van der Waals surface area (Å²) in [5.41, 5.74) is 0.816. The monoisotopic (exact) mass is 296 g/mol. The molecule has 1 unspecified atom stereocenters. The van der Waals surface area contributed by atoms with Crippen LogP contribution in [-0.4, -0.2) is 45.6 Å². The van der Waals surface area contributed by atoms with Crippen molar-refractivity contribution in [3.8, 4) is 0 Å². The molecule has 1 heterocycles. The first-order valence-corrected chi connectivity index (χ1v) is 8.32. The van der Waals surface area contributed by atoms with Crippen LogP contribution in [0.5, 0.6) is 0 Å². The molecule has 110 valence electrons. The van der Waals surface area contributed by atoms with Gasteiger partial charge in [-0.3, -0.25) is 4.79 Å². The summed E-state index contributed by atoms with van der Waals surface area (Å²) >= 11 is 0. The molecule has 1 N–H and O–H groups in total. The first kappa shape index (κ1) is 15.0. The Labute approximate surface area is 119 Å². The first-order valence-electron chi connectivity index (χ1n) is 6.67. The second-order valence-corrected chi connectivity index (χ2v) is 7.27. The number of benzene rings is 1. The van der Waals surface area contributed by atoms with Crippen molar-refractivity contribution in [2.75, 3.05) is 26.4 Å². The highest BCUT2D eigenvalue weighted by molar-refractivity contribution is 7.91. The van der Waals surface area contributed by atoms with Crippen LogP contribution in [0, 0.1) is 0 Å². The second-order valence-electron chi connectivity index (χ2n) is 5.19. The van der Waals surface area contributed by atoms with E-state index in [1.54, 1.807) is 31.1 Å². The van der Waals surface area contributed by atoms with E-state index >= 15 is 0 Å². The van der Waals surface area contributed by atoms with E-state index in [0.717, 1.165) is 5.56 Å². The second kappa shape index (κ2) is 5.93. The van der Waals surface area contributed by atoms with Crippen LogP contribution in [0.4, 0.5) is 0 Å². The number of nitrogens with one attached hydrogen (secondary N) is 1. The van der Waals surface area contributed by atoms with Gasteiger partial charge in [-0.1, -0.05) is 18.2 Å². The number of nitrogens with zero attached hydrogens (tertiary/aromatic N) is 1. The van der Waals surface area contributed by atoms with Gasteiger partial charge in [-0.25, -0.2) is 8.42 Å². The van der Waals surface area contributed by atoms with Crippen LogP contribution in [0.2, 0.25) is 0 Å². The van der Waals surface area contributed by atoms with Crippen LogP contribution in [0.1, 0.15) is 24.4 Å². The highest BCUT2D eigenvalue weighted by atomic mass is 32.2. The molecule has 1 atom stereocenters. The Kier molecular flexibility index (Phi) is 4.45. The van der Waals surface area contributed by atoms with E-state index in [4.69, 9.17) is 0 Å². The van der Waals surface area contributed by atoms with Crippen LogP contribution in [0.3, 0.4) is 0 Å². The Morgan fingerprint density at radius 2 is 2.05 bits per heavy atom. The molecule has 0 aromatic heterocycles. The maximum atomic E-state index is 12.0. The first-order chi connectivity index (χ1) is 9.42. The van der Waals surface area contributed by atoms with E-state index in [0.29, 0.717) is 24.3 Å². The molecule has 1 aromatic carbocycles. The highest BCUT2D eigenvalue weighted by Gasteiger charge is 2.29. The molecule has 6 heteroatoms. The summed E-state index contributed by atoms with van der Waals surface area (Å²) < 4.78 is 24.0. The Hall–Kier alpha value is -1.40. The molecular weight excluding hydrogens is 276 g/mol. The fourth-order valence-electron chi connectivity index (χ4n) is 2.38. The summed E-state index contributed by atoms with van der Waals surface area (Å²) in [4.78, 5) is 13.5. The average molecular weight is 296 g/mol. The summed E-state index contributed by atoms with van der Waals surface area (Å²) in [6.07, 6.45) is 0.966. The predicted octanol–water partition coefficient (Wildman–Crippen LogP) is 0.973. The number of hydrogen-bond acceptors (Lipinski definition) is 4. The molecule has 0 saturated heterocycles. The van der Waals surface area contributed by atoms with Crippen LogP contribution in [-0.2, 0) is 14.6 Å². The molecule has 0 fully saturated rings. The van der Waals surface area contributed by atoms with E-state index < -0.39 is 9.84 Å². The van der Waals surface area contributed by atoms with Crippen molar-refractivity contribution in [2.45, 2.75) is 23.8 Å². The van der Waals surface area contributed by atoms with Gasteiger partial charge in [0.1, 0.15) is 0 Å². The summed E-state index contributed by atoms with van der Waals surface area (Å²) in [5.74, 6) is 0.220. The minimum Gasteiger partial charge on any atom is -0.349 e. The molecule has 0 bridgehead atoms. The van der Waals surface area contributed by atoms with Crippen molar-refractivity contribution in [1.29, 1.82) is 0 Å². The lowest BCUT2D eigenvalue weighted by Gasteiger charge is -2.26. The van der Waals surface area contributed by atoms with Gasteiger partial charge in [0.05, 0.1) is 10.6 Å². The fraction of sp³-hybridized carbons (Fsp3) is 0.500. The van der Waals surface area contributed by atoms with Crippen LogP contribution in [0.25, 0.3) is 0 Å². The molecule has 0 aliphatic carbocycles. The fourth-order valence-corrected chi connectivity index (χ4v) is 4.00. The Morgan fingerprint density at radius 3 is 2.75 bits per heavy atom. The number of carbonyl (C=O) groups is 1. The number of fused-ring (bicyclic) bond motifs is 1. The van der Waals surface area contributed by atoms with Crippen LogP contribution < -0.4 is 5.32 Å². The van der Waals surface area contributed by atoms with Crippen molar-refractivity contribution in [1.82, 2.24) is 10.2 Å². The maximum Gasteiger partial charge on any atom is 0.223 e. The standard InChI is InChI=1S/C14H20N2O3S/c1-16(2)14(17)7-9-15-12-8-10-20(18,19)13-6-4-3-5-11(12)13/h3-6,12,15H,7-10H2,1-2H3. The van der Waals surface area contributed by atoms with Crippen molar-refractivity contribution in [3.05, 3.63) is 29.8 Å². The van der Waals surface area contributed by atoms with Crippen molar-refractivity contribution in [3.63, 3.8) is 0 Å². The number of amides is 1. The van der Waals surface area contributed by atoms with E-state index in [2.05, 4.69) is 5.32 Å². The van der Waals surface area contributed by atoms with Gasteiger partial charge in [-0.05, 0) is 18.1 Å². The van der Waals surface area contributed by atoms with Crippen molar-refractivity contribution < 1.29 is 13.2 Å². The lowest BCUT2D eigenvalue weighted by molar-refractivity contribution is -0.128. The minimum atomic E-state index is -3.14. The van der Waals surface area contributed by atoms with Gasteiger partial charge in [0.25, 0.3) is 0 Å². The molecule has 20 heavy (non-hydrogen) atoms. The van der Waals surface area contributed by atoms with Crippen LogP contribution in [0.15, 0.2) is 29.2 Å². The van der Waals surface area contributed by atoms with Crippen molar-refractivity contribution in [2.24, 2.45) is 0 Å². The Morgan fingerprint density at radius 1 is 1.35 bits per heavy atom. The molecule has 2 rings (SSSR count). The van der Waals surface area contributed by atoms with Gasteiger partial charge >= 0.3 is 0 Å². The molecule has 1 amide bonds.